The molecule has 1 N–H and O–H groups in total. The minimum Gasteiger partial charge on any atom is -0.351 e. The number of carbonyl (C=O) groups excluding carboxylic acids is 4. The van der Waals surface area contributed by atoms with E-state index >= 15 is 0 Å². The first kappa shape index (κ1) is 20.2. The van der Waals surface area contributed by atoms with Crippen molar-refractivity contribution in [3.63, 3.8) is 0 Å². The van der Waals surface area contributed by atoms with E-state index in [1.54, 1.807) is 35.2 Å². The number of benzene rings is 1. The molecule has 0 aliphatic carbocycles. The van der Waals surface area contributed by atoms with E-state index in [4.69, 9.17) is 0 Å². The molecule has 4 amide bonds. The van der Waals surface area contributed by atoms with Crippen molar-refractivity contribution in [1.29, 1.82) is 0 Å². The summed E-state index contributed by atoms with van der Waals surface area (Å²) in [6.07, 6.45) is 0. The van der Waals surface area contributed by atoms with E-state index in [0.29, 0.717) is 56.0 Å². The second-order valence-electron chi connectivity index (χ2n) is 7.23. The molecule has 2 aromatic rings. The predicted molar refractivity (Wildman–Crippen MR) is 111 cm³/mol. The summed E-state index contributed by atoms with van der Waals surface area (Å²) in [5.74, 6) is -1.13. The SMILES string of the molecule is O=C(NCCN1CCN(C(=O)CN2C(=O)c3ccccc3C2=O)CC1)c1ccsc1. The molecule has 4 rings (SSSR count). The van der Waals surface area contributed by atoms with Gasteiger partial charge < -0.3 is 10.2 Å². The van der Waals surface area contributed by atoms with Crippen molar-refractivity contribution < 1.29 is 19.2 Å². The summed E-state index contributed by atoms with van der Waals surface area (Å²) in [6, 6.07) is 8.42. The highest BCUT2D eigenvalue weighted by Crippen LogP contribution is 2.22. The van der Waals surface area contributed by atoms with Crippen LogP contribution in [-0.2, 0) is 4.79 Å². The van der Waals surface area contributed by atoms with E-state index < -0.39 is 11.8 Å². The first-order valence-corrected chi connectivity index (χ1v) is 10.7. The zero-order valence-corrected chi connectivity index (χ0v) is 17.2. The van der Waals surface area contributed by atoms with Crippen LogP contribution in [0.5, 0.6) is 0 Å². The summed E-state index contributed by atoms with van der Waals surface area (Å²) in [7, 11) is 0. The molecule has 0 spiro atoms. The highest BCUT2D eigenvalue weighted by Gasteiger charge is 2.37. The van der Waals surface area contributed by atoms with Crippen molar-refractivity contribution in [3.05, 3.63) is 57.8 Å². The third-order valence-electron chi connectivity index (χ3n) is 5.39. The number of fused-ring (bicyclic) bond motifs is 1. The van der Waals surface area contributed by atoms with Crippen LogP contribution in [0.4, 0.5) is 0 Å². The number of piperazine rings is 1. The Morgan fingerprint density at radius 2 is 1.63 bits per heavy atom. The Morgan fingerprint density at radius 1 is 0.967 bits per heavy atom. The van der Waals surface area contributed by atoms with Gasteiger partial charge >= 0.3 is 0 Å². The van der Waals surface area contributed by atoms with Crippen molar-refractivity contribution in [2.24, 2.45) is 0 Å². The monoisotopic (exact) mass is 426 g/mol. The van der Waals surface area contributed by atoms with Gasteiger partial charge in [-0.15, -0.1) is 0 Å². The first-order chi connectivity index (χ1) is 14.5. The number of hydrogen-bond donors (Lipinski definition) is 1. The number of thiophene rings is 1. The van der Waals surface area contributed by atoms with Gasteiger partial charge in [0.1, 0.15) is 6.54 Å². The fourth-order valence-electron chi connectivity index (χ4n) is 3.66. The fraction of sp³-hybridized carbons (Fsp3) is 0.333. The molecule has 0 saturated carbocycles. The van der Waals surface area contributed by atoms with Gasteiger partial charge in [0.25, 0.3) is 17.7 Å². The third kappa shape index (κ3) is 4.12. The number of carbonyl (C=O) groups is 4. The normalized spacial score (nSPS) is 16.7. The van der Waals surface area contributed by atoms with Crippen LogP contribution in [0.1, 0.15) is 31.1 Å². The molecule has 3 heterocycles. The minimum atomic E-state index is -0.413. The molecule has 0 atom stereocenters. The standard InChI is InChI=1S/C21H22N4O4S/c26-18(13-25-20(28)16-3-1-2-4-17(16)21(25)29)24-10-8-23(9-11-24)7-6-22-19(27)15-5-12-30-14-15/h1-5,12,14H,6-11,13H2,(H,22,27). The molecule has 0 radical (unpaired) electrons. The maximum Gasteiger partial charge on any atom is 0.262 e. The number of nitrogens with zero attached hydrogens (tertiary/aromatic N) is 3. The Labute approximate surface area is 178 Å². The first-order valence-electron chi connectivity index (χ1n) is 9.80. The van der Waals surface area contributed by atoms with Crippen molar-refractivity contribution in [1.82, 2.24) is 20.0 Å². The van der Waals surface area contributed by atoms with E-state index in [-0.39, 0.29) is 18.4 Å². The lowest BCUT2D eigenvalue weighted by molar-refractivity contribution is -0.133. The van der Waals surface area contributed by atoms with Crippen LogP contribution in [0.15, 0.2) is 41.1 Å². The Bertz CT molecular complexity index is 932. The third-order valence-corrected chi connectivity index (χ3v) is 6.08. The minimum absolute atomic E-state index is 0.0778. The van der Waals surface area contributed by atoms with Crippen LogP contribution < -0.4 is 5.32 Å². The van der Waals surface area contributed by atoms with Gasteiger partial charge in [-0.25, -0.2) is 0 Å². The quantitative estimate of drug-likeness (QED) is 0.694. The van der Waals surface area contributed by atoms with Gasteiger partial charge in [-0.05, 0) is 23.6 Å². The predicted octanol–water partition coefficient (Wildman–Crippen LogP) is 0.918. The zero-order chi connectivity index (χ0) is 21.1. The molecule has 1 saturated heterocycles. The van der Waals surface area contributed by atoms with Crippen molar-refractivity contribution in [2.45, 2.75) is 0 Å². The van der Waals surface area contributed by atoms with E-state index in [1.165, 1.54) is 11.3 Å². The lowest BCUT2D eigenvalue weighted by Crippen LogP contribution is -2.52. The van der Waals surface area contributed by atoms with Gasteiger partial charge in [0, 0.05) is 50.2 Å². The lowest BCUT2D eigenvalue weighted by Gasteiger charge is -2.35. The summed E-state index contributed by atoms with van der Waals surface area (Å²) >= 11 is 1.49. The number of amides is 4. The van der Waals surface area contributed by atoms with E-state index in [1.807, 2.05) is 10.8 Å². The van der Waals surface area contributed by atoms with Crippen LogP contribution in [0, 0.1) is 0 Å². The lowest BCUT2D eigenvalue weighted by atomic mass is 10.1. The Kier molecular flexibility index (Phi) is 5.91. The zero-order valence-electron chi connectivity index (χ0n) is 16.4. The van der Waals surface area contributed by atoms with Gasteiger partial charge in [0.2, 0.25) is 5.91 Å². The van der Waals surface area contributed by atoms with E-state index in [9.17, 15) is 19.2 Å². The average Bonchev–Trinajstić information content (AvgIpc) is 3.38. The summed E-state index contributed by atoms with van der Waals surface area (Å²) < 4.78 is 0. The van der Waals surface area contributed by atoms with Crippen LogP contribution in [0.2, 0.25) is 0 Å². The molecule has 0 unspecified atom stereocenters. The van der Waals surface area contributed by atoms with Gasteiger partial charge in [0.05, 0.1) is 11.1 Å². The summed E-state index contributed by atoms with van der Waals surface area (Å²) in [6.45, 7) is 3.43. The maximum absolute atomic E-state index is 12.6. The van der Waals surface area contributed by atoms with Gasteiger partial charge in [-0.1, -0.05) is 12.1 Å². The smallest absolute Gasteiger partial charge is 0.262 e. The fourth-order valence-corrected chi connectivity index (χ4v) is 4.30. The molecule has 0 bridgehead atoms. The highest BCUT2D eigenvalue weighted by atomic mass is 32.1. The molecule has 2 aliphatic rings. The summed E-state index contributed by atoms with van der Waals surface area (Å²) in [5, 5.41) is 6.58. The average molecular weight is 426 g/mol. The molecular weight excluding hydrogens is 404 g/mol. The number of imide groups is 1. The molecule has 1 aromatic heterocycles. The van der Waals surface area contributed by atoms with Crippen LogP contribution >= 0.6 is 11.3 Å². The molecular formula is C21H22N4O4S. The van der Waals surface area contributed by atoms with E-state index in [0.717, 1.165) is 4.90 Å². The number of rotatable bonds is 6. The second-order valence-corrected chi connectivity index (χ2v) is 8.01. The van der Waals surface area contributed by atoms with Crippen LogP contribution in [0.25, 0.3) is 0 Å². The van der Waals surface area contributed by atoms with Crippen molar-refractivity contribution >= 4 is 35.0 Å². The molecule has 30 heavy (non-hydrogen) atoms. The van der Waals surface area contributed by atoms with Gasteiger partial charge in [-0.3, -0.25) is 29.0 Å². The van der Waals surface area contributed by atoms with Gasteiger partial charge in [0.15, 0.2) is 0 Å². The molecule has 9 heteroatoms. The Hall–Kier alpha value is -3.04. The van der Waals surface area contributed by atoms with Crippen molar-refractivity contribution in [2.75, 3.05) is 45.8 Å². The number of hydrogen-bond acceptors (Lipinski definition) is 6. The molecule has 1 aromatic carbocycles. The van der Waals surface area contributed by atoms with E-state index in [2.05, 4.69) is 10.2 Å². The topological polar surface area (TPSA) is 90.0 Å². The molecule has 156 valence electrons. The van der Waals surface area contributed by atoms with Crippen LogP contribution in [0.3, 0.4) is 0 Å². The summed E-state index contributed by atoms with van der Waals surface area (Å²) in [4.78, 5) is 54.3. The number of nitrogens with one attached hydrogen (secondary N) is 1. The Balaban J connectivity index is 1.22. The molecule has 2 aliphatic heterocycles. The highest BCUT2D eigenvalue weighted by molar-refractivity contribution is 7.08. The maximum atomic E-state index is 12.6. The largest absolute Gasteiger partial charge is 0.351 e. The molecule has 1 fully saturated rings. The molecule has 8 nitrogen and oxygen atoms in total. The Morgan fingerprint density at radius 3 is 2.23 bits per heavy atom. The summed E-state index contributed by atoms with van der Waals surface area (Å²) in [5.41, 5.74) is 1.37. The van der Waals surface area contributed by atoms with Crippen molar-refractivity contribution in [3.8, 4) is 0 Å². The second kappa shape index (κ2) is 8.76. The van der Waals surface area contributed by atoms with Crippen LogP contribution in [-0.4, -0.2) is 84.1 Å². The van der Waals surface area contributed by atoms with Gasteiger partial charge in [-0.2, -0.15) is 11.3 Å².